The molecular formula is C16H22N4O5S. The van der Waals surface area contributed by atoms with Gasteiger partial charge in [-0.2, -0.15) is 0 Å². The summed E-state index contributed by atoms with van der Waals surface area (Å²) < 4.78 is 9.96. The molecule has 0 unspecified atom stereocenters. The monoisotopic (exact) mass is 382 g/mol. The fourth-order valence-electron chi connectivity index (χ4n) is 2.25. The second-order valence-electron chi connectivity index (χ2n) is 5.35. The molecule has 1 aromatic rings. The van der Waals surface area contributed by atoms with Crippen molar-refractivity contribution >= 4 is 34.4 Å². The summed E-state index contributed by atoms with van der Waals surface area (Å²) in [5, 5.41) is 5.12. The molecule has 2 heterocycles. The van der Waals surface area contributed by atoms with Crippen LogP contribution in [-0.4, -0.2) is 78.7 Å². The number of hydrogen-bond acceptors (Lipinski definition) is 8. The van der Waals surface area contributed by atoms with Gasteiger partial charge in [0.1, 0.15) is 0 Å². The van der Waals surface area contributed by atoms with Crippen LogP contribution in [0.15, 0.2) is 18.0 Å². The minimum Gasteiger partial charge on any atom is -0.451 e. The Morgan fingerprint density at radius 2 is 1.96 bits per heavy atom. The number of anilines is 1. The Morgan fingerprint density at radius 3 is 2.62 bits per heavy atom. The van der Waals surface area contributed by atoms with Gasteiger partial charge in [-0.05, 0) is 6.92 Å². The van der Waals surface area contributed by atoms with Crippen molar-refractivity contribution in [1.29, 1.82) is 0 Å². The Balaban J connectivity index is 1.74. The van der Waals surface area contributed by atoms with Crippen molar-refractivity contribution in [3.63, 3.8) is 0 Å². The number of carbonyl (C=O) groups is 3. The molecule has 1 N–H and O–H groups in total. The van der Waals surface area contributed by atoms with Crippen LogP contribution in [0.5, 0.6) is 0 Å². The van der Waals surface area contributed by atoms with E-state index in [-0.39, 0.29) is 24.3 Å². The molecule has 1 fully saturated rings. The van der Waals surface area contributed by atoms with E-state index in [0.29, 0.717) is 44.5 Å². The van der Waals surface area contributed by atoms with Crippen LogP contribution < -0.4 is 5.32 Å². The van der Waals surface area contributed by atoms with Gasteiger partial charge in [-0.1, -0.05) is 6.08 Å². The third kappa shape index (κ3) is 5.45. The second-order valence-corrected chi connectivity index (χ2v) is 6.21. The molecule has 1 aliphatic rings. The van der Waals surface area contributed by atoms with Gasteiger partial charge in [0.2, 0.25) is 0 Å². The van der Waals surface area contributed by atoms with Crippen molar-refractivity contribution in [2.75, 3.05) is 51.3 Å². The van der Waals surface area contributed by atoms with E-state index in [9.17, 15) is 14.4 Å². The van der Waals surface area contributed by atoms with Gasteiger partial charge in [-0.15, -0.1) is 17.9 Å². The first-order valence-corrected chi connectivity index (χ1v) is 9.10. The number of nitrogens with zero attached hydrogens (tertiary/aromatic N) is 3. The molecular weight excluding hydrogens is 360 g/mol. The Labute approximate surface area is 155 Å². The lowest BCUT2D eigenvalue weighted by molar-refractivity contribution is -0.136. The van der Waals surface area contributed by atoms with Crippen molar-refractivity contribution in [3.05, 3.63) is 23.7 Å². The van der Waals surface area contributed by atoms with E-state index in [0.717, 1.165) is 0 Å². The molecule has 0 aliphatic carbocycles. The predicted molar refractivity (Wildman–Crippen MR) is 96.3 cm³/mol. The highest BCUT2D eigenvalue weighted by Crippen LogP contribution is 2.16. The molecule has 1 saturated heterocycles. The first-order chi connectivity index (χ1) is 12.5. The SMILES string of the molecule is C=CCNc1nc(C(=O)OCC(=O)N2CCN(C(=O)OCC)CC2)cs1. The first kappa shape index (κ1) is 19.7. The maximum absolute atomic E-state index is 12.2. The van der Waals surface area contributed by atoms with Crippen LogP contribution in [0.2, 0.25) is 0 Å². The zero-order chi connectivity index (χ0) is 18.9. The molecule has 10 heteroatoms. The van der Waals surface area contributed by atoms with E-state index in [1.54, 1.807) is 28.2 Å². The molecule has 9 nitrogen and oxygen atoms in total. The summed E-state index contributed by atoms with van der Waals surface area (Å²) in [6.45, 7) is 7.36. The highest BCUT2D eigenvalue weighted by molar-refractivity contribution is 7.13. The maximum Gasteiger partial charge on any atom is 0.409 e. The molecule has 0 radical (unpaired) electrons. The number of ether oxygens (including phenoxy) is 2. The first-order valence-electron chi connectivity index (χ1n) is 8.22. The van der Waals surface area contributed by atoms with Crippen LogP contribution in [0, 0.1) is 0 Å². The number of rotatable bonds is 7. The van der Waals surface area contributed by atoms with E-state index in [4.69, 9.17) is 9.47 Å². The quantitative estimate of drug-likeness (QED) is 0.558. The van der Waals surface area contributed by atoms with E-state index in [2.05, 4.69) is 16.9 Å². The fourth-order valence-corrected chi connectivity index (χ4v) is 2.94. The Bertz CT molecular complexity index is 655. The molecule has 26 heavy (non-hydrogen) atoms. The molecule has 0 bridgehead atoms. The van der Waals surface area contributed by atoms with E-state index < -0.39 is 5.97 Å². The molecule has 1 aliphatic heterocycles. The number of aromatic nitrogens is 1. The number of hydrogen-bond donors (Lipinski definition) is 1. The van der Waals surface area contributed by atoms with Gasteiger partial charge in [-0.3, -0.25) is 4.79 Å². The third-order valence-corrected chi connectivity index (χ3v) is 4.40. The zero-order valence-corrected chi connectivity index (χ0v) is 15.4. The average Bonchev–Trinajstić information content (AvgIpc) is 3.13. The molecule has 2 rings (SSSR count). The van der Waals surface area contributed by atoms with Crippen LogP contribution in [0.4, 0.5) is 9.93 Å². The molecule has 0 aromatic carbocycles. The molecule has 142 valence electrons. The minimum absolute atomic E-state index is 0.154. The van der Waals surface area contributed by atoms with E-state index in [1.807, 2.05) is 0 Å². The van der Waals surface area contributed by atoms with Crippen LogP contribution >= 0.6 is 11.3 Å². The highest BCUT2D eigenvalue weighted by Gasteiger charge is 2.25. The standard InChI is InChI=1S/C16H22N4O5S/c1-3-5-17-15-18-12(11-26-15)14(22)25-10-13(21)19-6-8-20(9-7-19)16(23)24-4-2/h3,11H,1,4-10H2,2H3,(H,17,18). The Kier molecular flexibility index (Phi) is 7.39. The lowest BCUT2D eigenvalue weighted by Gasteiger charge is -2.33. The number of thiazole rings is 1. The van der Waals surface area contributed by atoms with Crippen molar-refractivity contribution in [3.8, 4) is 0 Å². The fraction of sp³-hybridized carbons (Fsp3) is 0.500. The van der Waals surface area contributed by atoms with Gasteiger partial charge in [0.05, 0.1) is 6.61 Å². The smallest absolute Gasteiger partial charge is 0.409 e. The average molecular weight is 382 g/mol. The number of piperazine rings is 1. The molecule has 0 spiro atoms. The van der Waals surface area contributed by atoms with Gasteiger partial charge in [0.25, 0.3) is 5.91 Å². The normalized spacial score (nSPS) is 13.9. The minimum atomic E-state index is -0.647. The summed E-state index contributed by atoms with van der Waals surface area (Å²) in [6.07, 6.45) is 1.30. The summed E-state index contributed by atoms with van der Waals surface area (Å²) in [7, 11) is 0. The van der Waals surface area contributed by atoms with Gasteiger partial charge in [-0.25, -0.2) is 14.6 Å². The summed E-state index contributed by atoms with van der Waals surface area (Å²) >= 11 is 1.27. The number of nitrogens with one attached hydrogen (secondary N) is 1. The Morgan fingerprint density at radius 1 is 1.27 bits per heavy atom. The zero-order valence-electron chi connectivity index (χ0n) is 14.6. The van der Waals surface area contributed by atoms with Crippen molar-refractivity contribution in [2.45, 2.75) is 6.92 Å². The van der Waals surface area contributed by atoms with E-state index >= 15 is 0 Å². The molecule has 0 saturated carbocycles. The van der Waals surface area contributed by atoms with E-state index in [1.165, 1.54) is 11.3 Å². The van der Waals surface area contributed by atoms with Crippen molar-refractivity contribution in [1.82, 2.24) is 14.8 Å². The van der Waals surface area contributed by atoms with Crippen molar-refractivity contribution in [2.24, 2.45) is 0 Å². The lowest BCUT2D eigenvalue weighted by Crippen LogP contribution is -2.51. The number of esters is 1. The van der Waals surface area contributed by atoms with Crippen molar-refractivity contribution < 1.29 is 23.9 Å². The maximum atomic E-state index is 12.2. The van der Waals surface area contributed by atoms with Gasteiger partial charge in [0, 0.05) is 38.1 Å². The van der Waals surface area contributed by atoms with Gasteiger partial charge >= 0.3 is 12.1 Å². The largest absolute Gasteiger partial charge is 0.451 e. The summed E-state index contributed by atoms with van der Waals surface area (Å²) in [6, 6.07) is 0. The Hall–Kier alpha value is -2.62. The predicted octanol–water partition coefficient (Wildman–Crippen LogP) is 1.20. The van der Waals surface area contributed by atoms with Gasteiger partial charge < -0.3 is 24.6 Å². The molecule has 0 atom stereocenters. The summed E-state index contributed by atoms with van der Waals surface area (Å²) in [4.78, 5) is 42.9. The highest BCUT2D eigenvalue weighted by atomic mass is 32.1. The topological polar surface area (TPSA) is 101 Å². The number of amides is 2. The van der Waals surface area contributed by atoms with Crippen LogP contribution in [0.1, 0.15) is 17.4 Å². The number of carbonyl (C=O) groups excluding carboxylic acids is 3. The summed E-state index contributed by atoms with van der Waals surface area (Å²) in [5.74, 6) is -0.950. The lowest BCUT2D eigenvalue weighted by atomic mass is 10.3. The van der Waals surface area contributed by atoms with Gasteiger partial charge in [0.15, 0.2) is 17.4 Å². The van der Waals surface area contributed by atoms with Crippen LogP contribution in [-0.2, 0) is 14.3 Å². The van der Waals surface area contributed by atoms with Crippen LogP contribution in [0.3, 0.4) is 0 Å². The summed E-state index contributed by atoms with van der Waals surface area (Å²) in [5.41, 5.74) is 0.154. The molecule has 2 amide bonds. The van der Waals surface area contributed by atoms with Crippen LogP contribution in [0.25, 0.3) is 0 Å². The third-order valence-electron chi connectivity index (χ3n) is 3.60. The molecule has 1 aromatic heterocycles. The second kappa shape index (κ2) is 9.76.